The Morgan fingerprint density at radius 3 is 2.49 bits per heavy atom. The van der Waals surface area contributed by atoms with Crippen LogP contribution in [-0.4, -0.2) is 40.0 Å². The first-order valence-corrected chi connectivity index (χ1v) is 14.7. The number of ether oxygens (including phenoxy) is 1. The number of esters is 1. The van der Waals surface area contributed by atoms with E-state index in [1.807, 2.05) is 54.3 Å². The van der Waals surface area contributed by atoms with Crippen LogP contribution in [0.5, 0.6) is 0 Å². The van der Waals surface area contributed by atoms with Gasteiger partial charge in [0.25, 0.3) is 5.91 Å². The molecular formula is C30H35N3O5S. The molecule has 1 fully saturated rings. The number of anilines is 2. The van der Waals surface area contributed by atoms with E-state index >= 15 is 0 Å². The summed E-state index contributed by atoms with van der Waals surface area (Å²) in [5, 5.41) is 2.85. The summed E-state index contributed by atoms with van der Waals surface area (Å²) in [5.74, 6) is -0.939. The highest BCUT2D eigenvalue weighted by molar-refractivity contribution is 7.89. The molecule has 4 rings (SSSR count). The Labute approximate surface area is 230 Å². The number of sulfonamides is 1. The SMILES string of the molecule is CCOC(=O)C1CCCN(c2ccc(NC(=O)c3ccccc3C)cc2S(=O)(=O)NC(C)c2ccccc2)C1. The molecule has 2 unspecified atom stereocenters. The van der Waals surface area contributed by atoms with Gasteiger partial charge in [-0.3, -0.25) is 9.59 Å². The predicted octanol–water partition coefficient (Wildman–Crippen LogP) is 5.07. The molecule has 2 N–H and O–H groups in total. The molecule has 1 amide bonds. The lowest BCUT2D eigenvalue weighted by atomic mass is 9.97. The fourth-order valence-electron chi connectivity index (χ4n) is 4.85. The van der Waals surface area contributed by atoms with Crippen molar-refractivity contribution in [3.8, 4) is 0 Å². The third-order valence-corrected chi connectivity index (χ3v) is 8.48. The molecule has 1 aliphatic heterocycles. The molecule has 1 aliphatic rings. The van der Waals surface area contributed by atoms with E-state index in [0.29, 0.717) is 43.1 Å². The minimum Gasteiger partial charge on any atom is -0.466 e. The Hall–Kier alpha value is -3.69. The van der Waals surface area contributed by atoms with Crippen LogP contribution in [0.3, 0.4) is 0 Å². The largest absolute Gasteiger partial charge is 0.466 e. The number of piperidine rings is 1. The van der Waals surface area contributed by atoms with Gasteiger partial charge in [0.1, 0.15) is 4.90 Å². The summed E-state index contributed by atoms with van der Waals surface area (Å²) >= 11 is 0. The van der Waals surface area contributed by atoms with Crippen molar-refractivity contribution in [3.05, 3.63) is 89.5 Å². The summed E-state index contributed by atoms with van der Waals surface area (Å²) in [5.41, 5.74) is 2.99. The second kappa shape index (κ2) is 12.4. The van der Waals surface area contributed by atoms with Gasteiger partial charge in [0.2, 0.25) is 10.0 Å². The van der Waals surface area contributed by atoms with Crippen LogP contribution in [0.25, 0.3) is 0 Å². The van der Waals surface area contributed by atoms with Crippen LogP contribution in [0.2, 0.25) is 0 Å². The number of benzene rings is 3. The van der Waals surface area contributed by atoms with Crippen molar-refractivity contribution >= 4 is 33.3 Å². The standard InChI is InChI=1S/C30H35N3O5S/c1-4-38-30(35)24-14-10-18-33(20-24)27-17-16-25(31-29(34)26-15-9-8-11-21(26)2)19-28(27)39(36,37)32-22(3)23-12-6-5-7-13-23/h5-9,11-13,15-17,19,22,24,32H,4,10,14,18,20H2,1-3H3,(H,31,34). The van der Waals surface area contributed by atoms with Gasteiger partial charge in [-0.15, -0.1) is 0 Å². The van der Waals surface area contributed by atoms with E-state index in [4.69, 9.17) is 4.74 Å². The highest BCUT2D eigenvalue weighted by Gasteiger charge is 2.31. The highest BCUT2D eigenvalue weighted by Crippen LogP contribution is 2.33. The highest BCUT2D eigenvalue weighted by atomic mass is 32.2. The number of hydrogen-bond acceptors (Lipinski definition) is 6. The van der Waals surface area contributed by atoms with Crippen molar-refractivity contribution in [3.63, 3.8) is 0 Å². The molecule has 1 heterocycles. The summed E-state index contributed by atoms with van der Waals surface area (Å²) in [4.78, 5) is 27.4. The van der Waals surface area contributed by atoms with Gasteiger partial charge >= 0.3 is 5.97 Å². The summed E-state index contributed by atoms with van der Waals surface area (Å²) < 4.78 is 35.7. The number of nitrogens with one attached hydrogen (secondary N) is 2. The number of rotatable bonds is 9. The van der Waals surface area contributed by atoms with Crippen LogP contribution < -0.4 is 14.9 Å². The van der Waals surface area contributed by atoms with E-state index in [2.05, 4.69) is 10.0 Å². The minimum atomic E-state index is -4.03. The van der Waals surface area contributed by atoms with Crippen molar-refractivity contribution in [1.82, 2.24) is 4.72 Å². The van der Waals surface area contributed by atoms with Gasteiger partial charge in [0.05, 0.1) is 18.2 Å². The number of nitrogens with zero attached hydrogens (tertiary/aromatic N) is 1. The summed E-state index contributed by atoms with van der Waals surface area (Å²) in [6.45, 7) is 6.65. The molecule has 3 aromatic rings. The lowest BCUT2D eigenvalue weighted by Gasteiger charge is -2.34. The Morgan fingerprint density at radius 2 is 1.77 bits per heavy atom. The van der Waals surface area contributed by atoms with Gasteiger partial charge in [-0.05, 0) is 69.0 Å². The number of hydrogen-bond donors (Lipinski definition) is 2. The summed E-state index contributed by atoms with van der Waals surface area (Å²) in [6.07, 6.45) is 1.41. The van der Waals surface area contributed by atoms with E-state index in [1.165, 1.54) is 6.07 Å². The van der Waals surface area contributed by atoms with Crippen molar-refractivity contribution in [2.24, 2.45) is 5.92 Å². The molecule has 0 spiro atoms. The minimum absolute atomic E-state index is 0.0392. The lowest BCUT2D eigenvalue weighted by molar-refractivity contribution is -0.148. The number of amides is 1. The molecule has 0 radical (unpaired) electrons. The van der Waals surface area contributed by atoms with Crippen molar-refractivity contribution in [1.29, 1.82) is 0 Å². The lowest BCUT2D eigenvalue weighted by Crippen LogP contribution is -2.40. The first-order chi connectivity index (χ1) is 18.7. The maximum absolute atomic E-state index is 13.8. The Bertz CT molecular complexity index is 1430. The quantitative estimate of drug-likeness (QED) is 0.361. The number of carbonyl (C=O) groups is 2. The Kier molecular flexibility index (Phi) is 9.04. The van der Waals surface area contributed by atoms with E-state index in [9.17, 15) is 18.0 Å². The van der Waals surface area contributed by atoms with Crippen molar-refractivity contribution < 1.29 is 22.7 Å². The normalized spacial score (nSPS) is 16.4. The third-order valence-electron chi connectivity index (χ3n) is 6.91. The van der Waals surface area contributed by atoms with Gasteiger partial charge in [-0.1, -0.05) is 48.5 Å². The second-order valence-electron chi connectivity index (χ2n) is 9.74. The van der Waals surface area contributed by atoms with Gasteiger partial charge < -0.3 is 15.0 Å². The van der Waals surface area contributed by atoms with Gasteiger partial charge in [0.15, 0.2) is 0 Å². The maximum atomic E-state index is 13.8. The van der Waals surface area contributed by atoms with Gasteiger partial charge in [-0.25, -0.2) is 13.1 Å². The third kappa shape index (κ3) is 6.85. The van der Waals surface area contributed by atoms with E-state index in [1.54, 1.807) is 38.1 Å². The summed E-state index contributed by atoms with van der Waals surface area (Å²) in [7, 11) is -4.03. The Balaban J connectivity index is 1.69. The van der Waals surface area contributed by atoms with Crippen LogP contribution in [0.4, 0.5) is 11.4 Å². The first kappa shape index (κ1) is 28.3. The molecule has 3 aromatic carbocycles. The monoisotopic (exact) mass is 549 g/mol. The average molecular weight is 550 g/mol. The van der Waals surface area contributed by atoms with Crippen LogP contribution in [0.1, 0.15) is 54.2 Å². The first-order valence-electron chi connectivity index (χ1n) is 13.2. The fraction of sp³-hybridized carbons (Fsp3) is 0.333. The zero-order valence-electron chi connectivity index (χ0n) is 22.5. The topological polar surface area (TPSA) is 105 Å². The van der Waals surface area contributed by atoms with E-state index in [-0.39, 0.29) is 22.7 Å². The van der Waals surface area contributed by atoms with Crippen LogP contribution >= 0.6 is 0 Å². The van der Waals surface area contributed by atoms with E-state index in [0.717, 1.165) is 17.5 Å². The van der Waals surface area contributed by atoms with Crippen LogP contribution in [0, 0.1) is 12.8 Å². The molecule has 8 nitrogen and oxygen atoms in total. The van der Waals surface area contributed by atoms with Gasteiger partial charge in [-0.2, -0.15) is 0 Å². The second-order valence-corrected chi connectivity index (χ2v) is 11.4. The maximum Gasteiger partial charge on any atom is 0.310 e. The number of carbonyl (C=O) groups excluding carboxylic acids is 2. The molecule has 0 bridgehead atoms. The molecule has 1 saturated heterocycles. The fourth-order valence-corrected chi connectivity index (χ4v) is 6.33. The zero-order valence-corrected chi connectivity index (χ0v) is 23.3. The molecule has 0 aromatic heterocycles. The molecule has 206 valence electrons. The van der Waals surface area contributed by atoms with Crippen molar-refractivity contribution in [2.45, 2.75) is 44.6 Å². The molecule has 39 heavy (non-hydrogen) atoms. The molecule has 0 saturated carbocycles. The predicted molar refractivity (Wildman–Crippen MR) is 152 cm³/mol. The van der Waals surface area contributed by atoms with Crippen LogP contribution in [-0.2, 0) is 19.6 Å². The van der Waals surface area contributed by atoms with Gasteiger partial charge in [0, 0.05) is 30.4 Å². The average Bonchev–Trinajstić information content (AvgIpc) is 2.93. The van der Waals surface area contributed by atoms with E-state index < -0.39 is 16.1 Å². The van der Waals surface area contributed by atoms with Crippen LogP contribution in [0.15, 0.2) is 77.7 Å². The summed E-state index contributed by atoms with van der Waals surface area (Å²) in [6, 6.07) is 20.9. The molecular weight excluding hydrogens is 514 g/mol. The molecule has 0 aliphatic carbocycles. The zero-order chi connectivity index (χ0) is 28.0. The molecule has 9 heteroatoms. The van der Waals surface area contributed by atoms with Crippen molar-refractivity contribution in [2.75, 3.05) is 29.9 Å². The smallest absolute Gasteiger partial charge is 0.310 e. The Morgan fingerprint density at radius 1 is 1.05 bits per heavy atom. The molecule has 2 atom stereocenters. The number of aryl methyl sites for hydroxylation is 1.